The van der Waals surface area contributed by atoms with E-state index in [1.54, 1.807) is 6.33 Å². The largest absolute Gasteiger partial charge is 0.359 e. The molecular weight excluding hydrogens is 474 g/mol. The molecule has 1 aromatic rings. The van der Waals surface area contributed by atoms with Crippen LogP contribution in [0.4, 0.5) is 11.9 Å². The number of likely N-dealkylation sites (tertiary alicyclic amines) is 2. The molecule has 0 radical (unpaired) electrons. The van der Waals surface area contributed by atoms with Crippen LogP contribution in [0.5, 0.6) is 0 Å². The van der Waals surface area contributed by atoms with Crippen LogP contribution in [0.25, 0.3) is 0 Å². The van der Waals surface area contributed by atoms with Crippen LogP contribution in [0.3, 0.4) is 0 Å². The number of anilines is 2. The summed E-state index contributed by atoms with van der Waals surface area (Å²) in [6.45, 7) is 20.8. The van der Waals surface area contributed by atoms with Crippen LogP contribution >= 0.6 is 11.6 Å². The Morgan fingerprint density at radius 2 is 1.31 bits per heavy atom. The summed E-state index contributed by atoms with van der Waals surface area (Å²) in [7, 11) is 4.54. The number of hydrogen-bond acceptors (Lipinski definition) is 8. The van der Waals surface area contributed by atoms with Crippen molar-refractivity contribution in [2.75, 3.05) is 43.6 Å². The molecule has 0 aliphatic carbocycles. The fourth-order valence-electron chi connectivity index (χ4n) is 7.00. The summed E-state index contributed by atoms with van der Waals surface area (Å²) in [5, 5.41) is 0. The quantitative estimate of drug-likeness (QED) is 0.541. The molecule has 3 aliphatic heterocycles. The molecule has 0 N–H and O–H groups in total. The zero-order valence-electron chi connectivity index (χ0n) is 24.2. The number of morpholine rings is 1. The Morgan fingerprint density at radius 3 is 1.75 bits per heavy atom. The number of rotatable bonds is 4. The molecule has 1 aromatic heterocycles. The Bertz CT molecular complexity index is 858. The first kappa shape index (κ1) is 27.8. The number of hydrogen-bond donors (Lipinski definition) is 0. The molecule has 3 saturated heterocycles. The number of halogens is 1. The van der Waals surface area contributed by atoms with Crippen LogP contribution in [0, 0.1) is 0 Å². The first-order valence-electron chi connectivity index (χ1n) is 13.5. The van der Waals surface area contributed by atoms with Gasteiger partial charge in [0.2, 0.25) is 11.9 Å². The van der Waals surface area contributed by atoms with E-state index in [9.17, 15) is 0 Å². The van der Waals surface area contributed by atoms with Gasteiger partial charge in [-0.3, -0.25) is 9.80 Å². The van der Waals surface area contributed by atoms with Crippen LogP contribution in [-0.4, -0.2) is 98.3 Å². The van der Waals surface area contributed by atoms with E-state index in [4.69, 9.17) is 26.3 Å². The van der Waals surface area contributed by atoms with Gasteiger partial charge in [-0.2, -0.15) is 4.98 Å². The van der Waals surface area contributed by atoms with E-state index in [1.165, 1.54) is 0 Å². The molecule has 9 heteroatoms. The van der Waals surface area contributed by atoms with Gasteiger partial charge in [-0.15, -0.1) is 0 Å². The first-order valence-corrected chi connectivity index (χ1v) is 13.9. The molecule has 0 saturated carbocycles. The molecule has 4 heterocycles. The first-order chi connectivity index (χ1) is 16.5. The average molecular weight is 522 g/mol. The lowest BCUT2D eigenvalue weighted by Gasteiger charge is -2.60. The Labute approximate surface area is 223 Å². The number of aromatic nitrogens is 3. The number of ether oxygens (including phenoxy) is 1. The van der Waals surface area contributed by atoms with Crippen molar-refractivity contribution in [3.63, 3.8) is 0 Å². The van der Waals surface area contributed by atoms with Gasteiger partial charge >= 0.3 is 0 Å². The van der Waals surface area contributed by atoms with Crippen molar-refractivity contribution >= 4 is 23.5 Å². The second kappa shape index (κ2) is 9.51. The molecule has 0 spiro atoms. The lowest BCUT2D eigenvalue weighted by atomic mass is 9.73. The second-order valence-electron chi connectivity index (χ2n) is 13.7. The molecule has 204 valence electrons. The smallest absolute Gasteiger partial charge is 0.230 e. The lowest BCUT2D eigenvalue weighted by Crippen LogP contribution is -2.67. The van der Waals surface area contributed by atoms with E-state index in [2.05, 4.69) is 94.1 Å². The van der Waals surface area contributed by atoms with E-state index >= 15 is 0 Å². The minimum Gasteiger partial charge on any atom is -0.359 e. The SMILES string of the molecule is CN1C(C)(C)CC(N(c2ncnc(N3CCOC(Cl)C3)n2)C2CC(C)(C)N(C)C(C)(C)C2)CC1(C)C. The fourth-order valence-corrected chi connectivity index (χ4v) is 7.26. The van der Waals surface area contributed by atoms with Gasteiger partial charge in [-0.25, -0.2) is 9.97 Å². The summed E-state index contributed by atoms with van der Waals surface area (Å²) < 4.78 is 5.54. The Morgan fingerprint density at radius 1 is 0.833 bits per heavy atom. The number of alkyl halides is 1. The van der Waals surface area contributed by atoms with Gasteiger partial charge in [0.15, 0.2) is 0 Å². The molecule has 36 heavy (non-hydrogen) atoms. The molecule has 3 fully saturated rings. The maximum absolute atomic E-state index is 6.31. The Hall–Kier alpha value is -1.22. The molecule has 0 aromatic carbocycles. The molecule has 1 unspecified atom stereocenters. The highest BCUT2D eigenvalue weighted by molar-refractivity contribution is 6.20. The zero-order chi connectivity index (χ0) is 26.7. The highest BCUT2D eigenvalue weighted by atomic mass is 35.5. The summed E-state index contributed by atoms with van der Waals surface area (Å²) in [5.41, 5.74) is -0.0960. The molecule has 8 nitrogen and oxygen atoms in total. The van der Waals surface area contributed by atoms with Crippen molar-refractivity contribution in [1.29, 1.82) is 0 Å². The predicted molar refractivity (Wildman–Crippen MR) is 148 cm³/mol. The summed E-state index contributed by atoms with van der Waals surface area (Å²) >= 11 is 6.31. The van der Waals surface area contributed by atoms with Crippen molar-refractivity contribution in [3.8, 4) is 0 Å². The maximum Gasteiger partial charge on any atom is 0.230 e. The number of piperidine rings is 2. The van der Waals surface area contributed by atoms with Crippen molar-refractivity contribution in [1.82, 2.24) is 24.8 Å². The van der Waals surface area contributed by atoms with Crippen LogP contribution in [-0.2, 0) is 4.74 Å². The van der Waals surface area contributed by atoms with Crippen LogP contribution < -0.4 is 9.80 Å². The normalized spacial score (nSPS) is 29.3. The van der Waals surface area contributed by atoms with Crippen LogP contribution in [0.15, 0.2) is 6.33 Å². The van der Waals surface area contributed by atoms with Gasteiger partial charge in [-0.1, -0.05) is 11.6 Å². The summed E-state index contributed by atoms with van der Waals surface area (Å²) in [6.07, 6.45) is 5.91. The fraction of sp³-hybridized carbons (Fsp3) is 0.889. The molecule has 4 rings (SSSR count). The number of nitrogens with zero attached hydrogens (tertiary/aromatic N) is 7. The van der Waals surface area contributed by atoms with E-state index in [0.29, 0.717) is 31.2 Å². The third kappa shape index (κ3) is 5.33. The van der Waals surface area contributed by atoms with Gasteiger partial charge in [0.1, 0.15) is 11.9 Å². The third-order valence-electron chi connectivity index (χ3n) is 9.44. The maximum atomic E-state index is 6.31. The Kier molecular flexibility index (Phi) is 7.35. The second-order valence-corrected chi connectivity index (χ2v) is 14.2. The third-order valence-corrected chi connectivity index (χ3v) is 9.71. The van der Waals surface area contributed by atoms with Gasteiger partial charge in [0, 0.05) is 40.8 Å². The van der Waals surface area contributed by atoms with Gasteiger partial charge < -0.3 is 14.5 Å². The highest BCUT2D eigenvalue weighted by Crippen LogP contribution is 2.45. The predicted octanol–water partition coefficient (Wildman–Crippen LogP) is 4.38. The van der Waals surface area contributed by atoms with Gasteiger partial charge in [0.05, 0.1) is 13.2 Å². The summed E-state index contributed by atoms with van der Waals surface area (Å²) in [4.78, 5) is 24.3. The lowest BCUT2D eigenvalue weighted by molar-refractivity contribution is -0.0314. The molecular formula is C27H48ClN7O. The van der Waals surface area contributed by atoms with Crippen molar-refractivity contribution in [2.24, 2.45) is 0 Å². The van der Waals surface area contributed by atoms with Gasteiger partial charge in [-0.05, 0) is 95.2 Å². The minimum atomic E-state index is -0.346. The zero-order valence-corrected chi connectivity index (χ0v) is 24.9. The van der Waals surface area contributed by atoms with Crippen molar-refractivity contribution in [3.05, 3.63) is 6.33 Å². The minimum absolute atomic E-state index is 0.0626. The monoisotopic (exact) mass is 521 g/mol. The summed E-state index contributed by atoms with van der Waals surface area (Å²) in [6, 6.07) is 0.652. The van der Waals surface area contributed by atoms with E-state index in [1.807, 2.05) is 0 Å². The molecule has 1 atom stereocenters. The Balaban J connectivity index is 1.76. The molecule has 0 bridgehead atoms. The van der Waals surface area contributed by atoms with Crippen molar-refractivity contribution < 1.29 is 4.74 Å². The standard InChI is InChI=1S/C27H48ClN7O/c1-24(2)13-19(14-25(3,4)32(24)9)35(20-15-26(5,6)33(10)27(7,8)16-20)23-30-18-29-22(31-23)34-11-12-36-21(28)17-34/h18-21H,11-17H2,1-10H3. The molecule has 3 aliphatic rings. The van der Waals surface area contributed by atoms with E-state index in [0.717, 1.165) is 38.2 Å². The highest BCUT2D eigenvalue weighted by Gasteiger charge is 2.50. The molecule has 0 amide bonds. The van der Waals surface area contributed by atoms with Crippen LogP contribution in [0.1, 0.15) is 81.1 Å². The van der Waals surface area contributed by atoms with Gasteiger partial charge in [0.25, 0.3) is 0 Å². The van der Waals surface area contributed by atoms with E-state index in [-0.39, 0.29) is 27.7 Å². The topological polar surface area (TPSA) is 60.9 Å². The van der Waals surface area contributed by atoms with E-state index < -0.39 is 0 Å². The van der Waals surface area contributed by atoms with Crippen molar-refractivity contribution in [2.45, 2.75) is 121 Å². The van der Waals surface area contributed by atoms with Crippen LogP contribution in [0.2, 0.25) is 0 Å². The summed E-state index contributed by atoms with van der Waals surface area (Å²) in [5.74, 6) is 1.48. The average Bonchev–Trinajstić information content (AvgIpc) is 2.75.